The van der Waals surface area contributed by atoms with Crippen LogP contribution in [0.15, 0.2) is 18.2 Å². The van der Waals surface area contributed by atoms with Crippen LogP contribution in [0.4, 0.5) is 11.4 Å². The van der Waals surface area contributed by atoms with E-state index in [0.29, 0.717) is 18.8 Å². The summed E-state index contributed by atoms with van der Waals surface area (Å²) in [5.41, 5.74) is 0.0716. The number of hydrogen-bond donors (Lipinski definition) is 1. The van der Waals surface area contributed by atoms with Gasteiger partial charge in [0, 0.05) is 18.3 Å². The van der Waals surface area contributed by atoms with Crippen LogP contribution in [-0.2, 0) is 9.53 Å². The molecule has 1 saturated heterocycles. The lowest BCUT2D eigenvalue weighted by Gasteiger charge is -2.34. The molecule has 8 nitrogen and oxygen atoms in total. The summed E-state index contributed by atoms with van der Waals surface area (Å²) in [6.07, 6.45) is 0. The Labute approximate surface area is 113 Å². The Morgan fingerprint density at radius 2 is 2.35 bits per heavy atom. The monoisotopic (exact) mass is 277 g/mol. The SMILES string of the molecule is N#Cc1cc(N2CCOCC2C(=O)O)ccc1[N+](=O)[O-]. The molecule has 0 saturated carbocycles. The van der Waals surface area contributed by atoms with Crippen LogP contribution in [0.25, 0.3) is 0 Å². The van der Waals surface area contributed by atoms with Gasteiger partial charge in [0.15, 0.2) is 6.04 Å². The van der Waals surface area contributed by atoms with Gasteiger partial charge in [0.05, 0.1) is 18.1 Å². The third kappa shape index (κ3) is 2.53. The molecule has 1 unspecified atom stereocenters. The molecule has 20 heavy (non-hydrogen) atoms. The average Bonchev–Trinajstić information content (AvgIpc) is 2.46. The molecule has 1 atom stereocenters. The Morgan fingerprint density at radius 1 is 1.60 bits per heavy atom. The van der Waals surface area contributed by atoms with Crippen LogP contribution in [0.1, 0.15) is 5.56 Å². The minimum atomic E-state index is -1.04. The molecule has 0 spiro atoms. The van der Waals surface area contributed by atoms with Gasteiger partial charge in [0.2, 0.25) is 0 Å². The maximum Gasteiger partial charge on any atom is 0.328 e. The number of nitriles is 1. The summed E-state index contributed by atoms with van der Waals surface area (Å²) < 4.78 is 5.12. The van der Waals surface area contributed by atoms with Gasteiger partial charge in [-0.1, -0.05) is 0 Å². The first-order chi connectivity index (χ1) is 9.54. The first kappa shape index (κ1) is 13.8. The van der Waals surface area contributed by atoms with Crippen molar-refractivity contribution in [2.45, 2.75) is 6.04 Å². The van der Waals surface area contributed by atoms with Crippen molar-refractivity contribution in [2.24, 2.45) is 0 Å². The zero-order valence-corrected chi connectivity index (χ0v) is 10.4. The fraction of sp³-hybridized carbons (Fsp3) is 0.333. The highest BCUT2D eigenvalue weighted by molar-refractivity contribution is 5.79. The molecule has 1 aromatic rings. The summed E-state index contributed by atoms with van der Waals surface area (Å²) >= 11 is 0. The van der Waals surface area contributed by atoms with Crippen molar-refractivity contribution in [1.29, 1.82) is 5.26 Å². The molecule has 1 N–H and O–H groups in total. The number of benzene rings is 1. The number of rotatable bonds is 3. The van der Waals surface area contributed by atoms with E-state index in [1.807, 2.05) is 0 Å². The summed E-state index contributed by atoms with van der Waals surface area (Å²) in [5, 5.41) is 28.9. The highest BCUT2D eigenvalue weighted by Crippen LogP contribution is 2.26. The molecular formula is C12H11N3O5. The van der Waals surface area contributed by atoms with E-state index in [-0.39, 0.29) is 17.9 Å². The number of anilines is 1. The lowest BCUT2D eigenvalue weighted by molar-refractivity contribution is -0.385. The minimum Gasteiger partial charge on any atom is -0.480 e. The second-order valence-corrected chi connectivity index (χ2v) is 4.19. The van der Waals surface area contributed by atoms with Crippen molar-refractivity contribution in [3.05, 3.63) is 33.9 Å². The molecule has 1 aliphatic heterocycles. The third-order valence-corrected chi connectivity index (χ3v) is 3.04. The molecule has 0 radical (unpaired) electrons. The van der Waals surface area contributed by atoms with Gasteiger partial charge >= 0.3 is 5.97 Å². The minimum absolute atomic E-state index is 0.0359. The van der Waals surface area contributed by atoms with Crippen LogP contribution in [0.2, 0.25) is 0 Å². The van der Waals surface area contributed by atoms with Crippen LogP contribution >= 0.6 is 0 Å². The van der Waals surface area contributed by atoms with E-state index in [1.54, 1.807) is 11.0 Å². The quantitative estimate of drug-likeness (QED) is 0.640. The lowest BCUT2D eigenvalue weighted by atomic mass is 10.1. The second kappa shape index (κ2) is 5.54. The maximum absolute atomic E-state index is 11.2. The highest BCUT2D eigenvalue weighted by Gasteiger charge is 2.30. The summed E-state index contributed by atoms with van der Waals surface area (Å²) in [5.74, 6) is -1.04. The third-order valence-electron chi connectivity index (χ3n) is 3.04. The van der Waals surface area contributed by atoms with Crippen molar-refractivity contribution in [3.8, 4) is 6.07 Å². The number of carboxylic acid groups (broad SMARTS) is 1. The molecule has 0 aromatic heterocycles. The van der Waals surface area contributed by atoms with Crippen LogP contribution in [0.5, 0.6) is 0 Å². The summed E-state index contributed by atoms with van der Waals surface area (Å²) in [6.45, 7) is 0.747. The van der Waals surface area contributed by atoms with E-state index in [4.69, 9.17) is 15.1 Å². The predicted octanol–water partition coefficient (Wildman–Crippen LogP) is 0.756. The fourth-order valence-corrected chi connectivity index (χ4v) is 2.07. The Hall–Kier alpha value is -2.66. The Bertz CT molecular complexity index is 595. The van der Waals surface area contributed by atoms with E-state index < -0.39 is 16.9 Å². The number of nitro groups is 1. The molecule has 8 heteroatoms. The molecule has 0 aliphatic carbocycles. The number of ether oxygens (including phenoxy) is 1. The standard InChI is InChI=1S/C12H11N3O5/c13-6-8-5-9(1-2-10(8)15(18)19)14-3-4-20-7-11(14)12(16)17/h1-2,5,11H,3-4,7H2,(H,16,17). The number of morpholine rings is 1. The summed E-state index contributed by atoms with van der Waals surface area (Å²) in [7, 11) is 0. The Balaban J connectivity index is 2.39. The Kier molecular flexibility index (Phi) is 3.81. The van der Waals surface area contributed by atoms with Gasteiger partial charge < -0.3 is 14.7 Å². The second-order valence-electron chi connectivity index (χ2n) is 4.19. The van der Waals surface area contributed by atoms with Crippen molar-refractivity contribution in [3.63, 3.8) is 0 Å². The molecule has 0 bridgehead atoms. The molecule has 1 fully saturated rings. The first-order valence-electron chi connectivity index (χ1n) is 5.80. The van der Waals surface area contributed by atoms with Gasteiger partial charge in [-0.25, -0.2) is 4.79 Å². The van der Waals surface area contributed by atoms with Crippen LogP contribution < -0.4 is 4.90 Å². The topological polar surface area (TPSA) is 117 Å². The number of carbonyl (C=O) groups is 1. The van der Waals surface area contributed by atoms with Crippen LogP contribution in [-0.4, -0.2) is 41.8 Å². The molecular weight excluding hydrogens is 266 g/mol. The molecule has 0 amide bonds. The number of hydrogen-bond acceptors (Lipinski definition) is 6. The smallest absolute Gasteiger partial charge is 0.328 e. The summed E-state index contributed by atoms with van der Waals surface area (Å²) in [6, 6.07) is 4.88. The number of nitro benzene ring substituents is 1. The fourth-order valence-electron chi connectivity index (χ4n) is 2.07. The first-order valence-corrected chi connectivity index (χ1v) is 5.80. The average molecular weight is 277 g/mol. The Morgan fingerprint density at radius 3 is 2.95 bits per heavy atom. The zero-order valence-electron chi connectivity index (χ0n) is 10.4. The summed E-state index contributed by atoms with van der Waals surface area (Å²) in [4.78, 5) is 22.9. The van der Waals surface area contributed by atoms with E-state index >= 15 is 0 Å². The van der Waals surface area contributed by atoms with E-state index in [0.717, 1.165) is 0 Å². The van der Waals surface area contributed by atoms with Crippen LogP contribution in [0, 0.1) is 21.4 Å². The molecule has 104 valence electrons. The largest absolute Gasteiger partial charge is 0.480 e. The molecule has 1 aliphatic rings. The normalized spacial score (nSPS) is 18.4. The highest BCUT2D eigenvalue weighted by atomic mass is 16.6. The van der Waals surface area contributed by atoms with E-state index in [2.05, 4.69) is 0 Å². The van der Waals surface area contributed by atoms with E-state index in [9.17, 15) is 14.9 Å². The van der Waals surface area contributed by atoms with Gasteiger partial charge in [-0.3, -0.25) is 10.1 Å². The van der Waals surface area contributed by atoms with Crippen molar-refractivity contribution in [1.82, 2.24) is 0 Å². The lowest BCUT2D eigenvalue weighted by Crippen LogP contribution is -2.50. The number of carboxylic acids is 1. The molecule has 2 rings (SSSR count). The van der Waals surface area contributed by atoms with Crippen LogP contribution in [0.3, 0.4) is 0 Å². The van der Waals surface area contributed by atoms with Crippen molar-refractivity contribution < 1.29 is 19.6 Å². The maximum atomic E-state index is 11.2. The van der Waals surface area contributed by atoms with Gasteiger partial charge in [-0.2, -0.15) is 5.26 Å². The van der Waals surface area contributed by atoms with Crippen molar-refractivity contribution in [2.75, 3.05) is 24.7 Å². The van der Waals surface area contributed by atoms with Gasteiger partial charge in [-0.05, 0) is 12.1 Å². The predicted molar refractivity (Wildman–Crippen MR) is 67.4 cm³/mol. The number of nitrogens with zero attached hydrogens (tertiary/aromatic N) is 3. The van der Waals surface area contributed by atoms with E-state index in [1.165, 1.54) is 18.2 Å². The van der Waals surface area contributed by atoms with Gasteiger partial charge in [-0.15, -0.1) is 0 Å². The molecule has 1 aromatic carbocycles. The van der Waals surface area contributed by atoms with Gasteiger partial charge in [0.1, 0.15) is 11.6 Å². The van der Waals surface area contributed by atoms with Crippen molar-refractivity contribution >= 4 is 17.3 Å². The zero-order chi connectivity index (χ0) is 14.7. The van der Waals surface area contributed by atoms with Gasteiger partial charge in [0.25, 0.3) is 5.69 Å². The number of aliphatic carboxylic acids is 1. The molecule has 1 heterocycles.